The second-order valence-electron chi connectivity index (χ2n) is 4.08. The average molecular weight is 208 g/mol. The van der Waals surface area contributed by atoms with E-state index in [1.54, 1.807) is 6.92 Å². The average Bonchev–Trinajstić information content (AvgIpc) is 2.59. The molecule has 15 heavy (non-hydrogen) atoms. The summed E-state index contributed by atoms with van der Waals surface area (Å²) in [5.74, 6) is 0.0833. The first kappa shape index (κ1) is 10.4. The predicted molar refractivity (Wildman–Crippen MR) is 56.8 cm³/mol. The molecule has 0 aromatic rings. The predicted octanol–water partition coefficient (Wildman–Crippen LogP) is 0.307. The van der Waals surface area contributed by atoms with Gasteiger partial charge in [0.1, 0.15) is 6.04 Å². The Kier molecular flexibility index (Phi) is 2.88. The highest BCUT2D eigenvalue weighted by molar-refractivity contribution is 5.75. The molecule has 3 unspecified atom stereocenters. The van der Waals surface area contributed by atoms with E-state index in [0.29, 0.717) is 12.0 Å². The third kappa shape index (κ3) is 2.27. The molecule has 1 aliphatic carbocycles. The minimum Gasteiger partial charge on any atom is -0.445 e. The summed E-state index contributed by atoms with van der Waals surface area (Å²) in [5, 5.41) is 3.24. The van der Waals surface area contributed by atoms with Crippen LogP contribution in [0, 0.1) is 5.92 Å². The maximum atomic E-state index is 11.3. The quantitative estimate of drug-likeness (QED) is 0.641. The lowest BCUT2D eigenvalue weighted by atomic mass is 9.96. The van der Waals surface area contributed by atoms with Gasteiger partial charge in [-0.05, 0) is 6.92 Å². The molecule has 4 nitrogen and oxygen atoms in total. The van der Waals surface area contributed by atoms with Crippen LogP contribution >= 0.6 is 0 Å². The highest BCUT2D eigenvalue weighted by Crippen LogP contribution is 2.25. The number of rotatable bonds is 2. The number of esters is 1. The van der Waals surface area contributed by atoms with Crippen molar-refractivity contribution in [2.45, 2.75) is 31.7 Å². The van der Waals surface area contributed by atoms with Gasteiger partial charge >= 0.3 is 5.97 Å². The van der Waals surface area contributed by atoms with E-state index >= 15 is 0 Å². The van der Waals surface area contributed by atoms with Crippen molar-refractivity contribution in [1.29, 1.82) is 0 Å². The summed E-state index contributed by atoms with van der Waals surface area (Å²) < 4.78 is 5.22. The first-order chi connectivity index (χ1) is 7.16. The van der Waals surface area contributed by atoms with Gasteiger partial charge in [-0.3, -0.25) is 10.1 Å². The number of nitrogens with one attached hydrogen (secondary N) is 1. The zero-order chi connectivity index (χ0) is 10.8. The van der Waals surface area contributed by atoms with E-state index in [1.165, 1.54) is 0 Å². The summed E-state index contributed by atoms with van der Waals surface area (Å²) >= 11 is 0. The smallest absolute Gasteiger partial charge is 0.324 e. The van der Waals surface area contributed by atoms with E-state index in [4.69, 9.17) is 10.5 Å². The van der Waals surface area contributed by atoms with Gasteiger partial charge in [0, 0.05) is 18.4 Å². The van der Waals surface area contributed by atoms with Gasteiger partial charge in [0.15, 0.2) is 6.23 Å². The zero-order valence-corrected chi connectivity index (χ0v) is 8.72. The Morgan fingerprint density at radius 1 is 1.53 bits per heavy atom. The molecule has 2 rings (SSSR count). The number of allylic oxidation sites excluding steroid dienone is 2. The first-order valence-corrected chi connectivity index (χ1v) is 5.24. The molecule has 0 spiro atoms. The van der Waals surface area contributed by atoms with Crippen molar-refractivity contribution < 1.29 is 9.53 Å². The standard InChI is InChI=1S/C11H16N2O2/c1-7(12)11(14)15-10-6-8-4-2-3-5-9(8)13-10/h2-5,7-10,13H,6,12H2,1H3/t7-,8?,9?,10?/m0/s1. The molecule has 0 saturated carbocycles. The molecule has 1 fully saturated rings. The molecule has 82 valence electrons. The monoisotopic (exact) mass is 208 g/mol. The summed E-state index contributed by atoms with van der Waals surface area (Å²) in [5.41, 5.74) is 5.43. The fraction of sp³-hybridized carbons (Fsp3) is 0.545. The fourth-order valence-electron chi connectivity index (χ4n) is 1.92. The number of carbonyl (C=O) groups is 1. The molecule has 0 radical (unpaired) electrons. The Morgan fingerprint density at radius 3 is 2.93 bits per heavy atom. The minimum absolute atomic E-state index is 0.203. The van der Waals surface area contributed by atoms with E-state index in [0.717, 1.165) is 6.42 Å². The lowest BCUT2D eigenvalue weighted by molar-refractivity contribution is -0.151. The van der Waals surface area contributed by atoms with Crippen molar-refractivity contribution in [3.05, 3.63) is 24.3 Å². The van der Waals surface area contributed by atoms with Crippen LogP contribution in [-0.2, 0) is 9.53 Å². The second-order valence-corrected chi connectivity index (χ2v) is 4.08. The van der Waals surface area contributed by atoms with Crippen LogP contribution in [0.4, 0.5) is 0 Å². The SMILES string of the molecule is C[C@H](N)C(=O)OC1CC2C=CC=CC2N1. The Morgan fingerprint density at radius 2 is 2.27 bits per heavy atom. The van der Waals surface area contributed by atoms with Gasteiger partial charge in [-0.15, -0.1) is 0 Å². The van der Waals surface area contributed by atoms with Crippen LogP contribution in [0.1, 0.15) is 13.3 Å². The van der Waals surface area contributed by atoms with E-state index < -0.39 is 6.04 Å². The van der Waals surface area contributed by atoms with Crippen molar-refractivity contribution in [2.75, 3.05) is 0 Å². The number of hydrogen-bond acceptors (Lipinski definition) is 4. The van der Waals surface area contributed by atoms with Gasteiger partial charge in [0.2, 0.25) is 0 Å². The van der Waals surface area contributed by atoms with Crippen molar-refractivity contribution in [1.82, 2.24) is 5.32 Å². The maximum absolute atomic E-state index is 11.3. The number of fused-ring (bicyclic) bond motifs is 1. The molecule has 2 aliphatic rings. The zero-order valence-electron chi connectivity index (χ0n) is 8.72. The lowest BCUT2D eigenvalue weighted by Crippen LogP contribution is -2.38. The minimum atomic E-state index is -0.555. The first-order valence-electron chi connectivity index (χ1n) is 5.24. The highest BCUT2D eigenvalue weighted by Gasteiger charge is 2.33. The highest BCUT2D eigenvalue weighted by atomic mass is 16.6. The Balaban J connectivity index is 1.90. The summed E-state index contributed by atoms with van der Waals surface area (Å²) in [6, 6.07) is -0.263. The summed E-state index contributed by atoms with van der Waals surface area (Å²) in [7, 11) is 0. The van der Waals surface area contributed by atoms with E-state index in [-0.39, 0.29) is 12.2 Å². The van der Waals surface area contributed by atoms with Crippen LogP contribution in [0.5, 0.6) is 0 Å². The van der Waals surface area contributed by atoms with Crippen LogP contribution < -0.4 is 11.1 Å². The molecule has 4 heteroatoms. The van der Waals surface area contributed by atoms with Crippen LogP contribution in [0.15, 0.2) is 24.3 Å². The second kappa shape index (κ2) is 4.16. The number of ether oxygens (including phenoxy) is 1. The van der Waals surface area contributed by atoms with Crippen LogP contribution in [0.3, 0.4) is 0 Å². The topological polar surface area (TPSA) is 64.4 Å². The fourth-order valence-corrected chi connectivity index (χ4v) is 1.92. The van der Waals surface area contributed by atoms with Crippen LogP contribution in [0.25, 0.3) is 0 Å². The summed E-state index contributed by atoms with van der Waals surface area (Å²) in [4.78, 5) is 11.3. The van der Waals surface area contributed by atoms with Gasteiger partial charge in [-0.25, -0.2) is 0 Å². The largest absolute Gasteiger partial charge is 0.445 e. The van der Waals surface area contributed by atoms with Crippen molar-refractivity contribution in [3.8, 4) is 0 Å². The van der Waals surface area contributed by atoms with Gasteiger partial charge in [0.05, 0.1) is 0 Å². The molecule has 1 heterocycles. The maximum Gasteiger partial charge on any atom is 0.324 e. The van der Waals surface area contributed by atoms with E-state index in [2.05, 4.69) is 17.5 Å². The number of hydrogen-bond donors (Lipinski definition) is 2. The summed E-state index contributed by atoms with van der Waals surface area (Å²) in [6.07, 6.45) is 8.87. The summed E-state index contributed by atoms with van der Waals surface area (Å²) in [6.45, 7) is 1.63. The third-order valence-corrected chi connectivity index (χ3v) is 2.74. The van der Waals surface area contributed by atoms with Gasteiger partial charge in [0.25, 0.3) is 0 Å². The van der Waals surface area contributed by atoms with Crippen molar-refractivity contribution in [2.24, 2.45) is 11.7 Å². The molecule has 0 amide bonds. The molecular formula is C11H16N2O2. The normalized spacial score (nSPS) is 34.9. The molecule has 1 aliphatic heterocycles. The van der Waals surface area contributed by atoms with Crippen molar-refractivity contribution in [3.63, 3.8) is 0 Å². The van der Waals surface area contributed by atoms with Crippen molar-refractivity contribution >= 4 is 5.97 Å². The van der Waals surface area contributed by atoms with Crippen LogP contribution in [-0.4, -0.2) is 24.3 Å². The van der Waals surface area contributed by atoms with Gasteiger partial charge in [-0.2, -0.15) is 0 Å². The Hall–Kier alpha value is -1.13. The van der Waals surface area contributed by atoms with Gasteiger partial charge < -0.3 is 10.5 Å². The van der Waals surface area contributed by atoms with Crippen LogP contribution in [0.2, 0.25) is 0 Å². The molecule has 1 saturated heterocycles. The molecule has 0 bridgehead atoms. The molecule has 0 aromatic carbocycles. The Bertz CT molecular complexity index is 290. The van der Waals surface area contributed by atoms with Gasteiger partial charge in [-0.1, -0.05) is 24.3 Å². The molecule has 3 N–H and O–H groups in total. The molecule has 4 atom stereocenters. The molecular weight excluding hydrogens is 192 g/mol. The van der Waals surface area contributed by atoms with E-state index in [9.17, 15) is 4.79 Å². The molecule has 0 aromatic heterocycles. The van der Waals surface area contributed by atoms with E-state index in [1.807, 2.05) is 12.2 Å². The third-order valence-electron chi connectivity index (χ3n) is 2.74. The Labute approximate surface area is 89.2 Å². The number of nitrogens with two attached hydrogens (primary N) is 1. The number of carbonyl (C=O) groups excluding carboxylic acids is 1. The lowest BCUT2D eigenvalue weighted by Gasteiger charge is -2.15.